The van der Waals surface area contributed by atoms with Gasteiger partial charge in [0, 0.05) is 26.7 Å². The van der Waals surface area contributed by atoms with E-state index in [1.165, 1.54) is 5.56 Å². The van der Waals surface area contributed by atoms with Crippen molar-refractivity contribution in [1.29, 1.82) is 0 Å². The van der Waals surface area contributed by atoms with Crippen molar-refractivity contribution >= 4 is 35.8 Å². The lowest BCUT2D eigenvalue weighted by atomic mass is 10.1. The van der Waals surface area contributed by atoms with Crippen molar-refractivity contribution in [3.8, 4) is 0 Å². The molecule has 0 bridgehead atoms. The van der Waals surface area contributed by atoms with Gasteiger partial charge < -0.3 is 15.5 Å². The maximum Gasteiger partial charge on any atom is 0.243 e. The third-order valence-electron chi connectivity index (χ3n) is 3.31. The fraction of sp³-hybridized carbons (Fsp3) is 0.529. The second-order valence-corrected chi connectivity index (χ2v) is 5.55. The van der Waals surface area contributed by atoms with Gasteiger partial charge in [0.1, 0.15) is 6.54 Å². The number of nitrogens with zero attached hydrogens (tertiary/aromatic N) is 2. The monoisotopic (exact) mass is 432 g/mol. The highest BCUT2D eigenvalue weighted by molar-refractivity contribution is 14.0. The lowest BCUT2D eigenvalue weighted by molar-refractivity contribution is -0.127. The summed E-state index contributed by atoms with van der Waals surface area (Å²) in [5.41, 5.74) is 1.33. The number of halogens is 1. The van der Waals surface area contributed by atoms with Crippen LogP contribution >= 0.6 is 24.0 Å². The van der Waals surface area contributed by atoms with Gasteiger partial charge in [-0.25, -0.2) is 4.99 Å². The number of aliphatic imine (C=N–C) groups is 1. The molecule has 1 unspecified atom stereocenters. The van der Waals surface area contributed by atoms with Gasteiger partial charge in [-0.05, 0) is 32.3 Å². The van der Waals surface area contributed by atoms with Crippen LogP contribution in [0.2, 0.25) is 0 Å². The van der Waals surface area contributed by atoms with E-state index in [9.17, 15) is 4.79 Å². The molecule has 1 atom stereocenters. The summed E-state index contributed by atoms with van der Waals surface area (Å²) in [7, 11) is 3.47. The normalized spacial score (nSPS) is 12.1. The zero-order chi connectivity index (χ0) is 16.4. The molecule has 0 fully saturated rings. The number of guanidine groups is 1. The summed E-state index contributed by atoms with van der Waals surface area (Å²) in [6, 6.07) is 10.7. The lowest BCUT2D eigenvalue weighted by Gasteiger charge is -2.18. The third kappa shape index (κ3) is 9.43. The van der Waals surface area contributed by atoms with Crippen LogP contribution in [0.1, 0.15) is 25.8 Å². The minimum Gasteiger partial charge on any atom is -0.357 e. The average Bonchev–Trinajstić information content (AvgIpc) is 2.51. The Hall–Kier alpha value is -1.31. The van der Waals surface area contributed by atoms with Crippen molar-refractivity contribution in [1.82, 2.24) is 15.5 Å². The summed E-state index contributed by atoms with van der Waals surface area (Å²) in [6.45, 7) is 5.07. The molecule has 1 rings (SSSR count). The quantitative estimate of drug-likeness (QED) is 0.395. The molecule has 1 amide bonds. The van der Waals surface area contributed by atoms with Crippen LogP contribution in [0.15, 0.2) is 35.3 Å². The molecule has 23 heavy (non-hydrogen) atoms. The molecule has 1 aromatic rings. The van der Waals surface area contributed by atoms with Crippen LogP contribution in [0, 0.1) is 0 Å². The number of hydrogen-bond acceptors (Lipinski definition) is 2. The van der Waals surface area contributed by atoms with E-state index in [0.717, 1.165) is 19.4 Å². The molecule has 0 aliphatic rings. The van der Waals surface area contributed by atoms with Crippen LogP contribution in [-0.2, 0) is 11.2 Å². The highest BCUT2D eigenvalue weighted by Crippen LogP contribution is 2.04. The molecule has 0 radical (unpaired) electrons. The predicted octanol–water partition coefficient (Wildman–Crippen LogP) is 2.27. The zero-order valence-corrected chi connectivity index (χ0v) is 16.8. The number of likely N-dealkylation sites (N-methyl/N-ethyl adjacent to an activating group) is 1. The molecule has 6 heteroatoms. The second kappa shape index (κ2) is 12.2. The van der Waals surface area contributed by atoms with Gasteiger partial charge >= 0.3 is 0 Å². The van der Waals surface area contributed by atoms with Crippen molar-refractivity contribution in [2.75, 3.05) is 27.2 Å². The van der Waals surface area contributed by atoms with Gasteiger partial charge in [0.25, 0.3) is 0 Å². The van der Waals surface area contributed by atoms with E-state index < -0.39 is 0 Å². The summed E-state index contributed by atoms with van der Waals surface area (Å²) in [5.74, 6) is 0.687. The van der Waals surface area contributed by atoms with Crippen LogP contribution in [0.25, 0.3) is 0 Å². The van der Waals surface area contributed by atoms with Gasteiger partial charge in [0.15, 0.2) is 5.96 Å². The zero-order valence-electron chi connectivity index (χ0n) is 14.5. The number of nitrogens with one attached hydrogen (secondary N) is 2. The molecule has 130 valence electrons. The van der Waals surface area contributed by atoms with E-state index in [2.05, 4.69) is 46.8 Å². The standard InChI is InChI=1S/C17H28N4O.HI/c1-5-18-17(19-13-16(22)21(3)4)20-14(2)11-12-15-9-7-6-8-10-15;/h6-10,14H,5,11-13H2,1-4H3,(H2,18,19,20);1H. The molecule has 0 heterocycles. The third-order valence-corrected chi connectivity index (χ3v) is 3.31. The molecule has 0 saturated carbocycles. The molecule has 0 aliphatic carbocycles. The molecule has 0 saturated heterocycles. The fourth-order valence-corrected chi connectivity index (χ4v) is 1.94. The average molecular weight is 432 g/mol. The van der Waals surface area contributed by atoms with E-state index in [0.29, 0.717) is 5.96 Å². The number of carbonyl (C=O) groups excluding carboxylic acids is 1. The Morgan fingerprint density at radius 2 is 1.91 bits per heavy atom. The van der Waals surface area contributed by atoms with Crippen molar-refractivity contribution in [2.24, 2.45) is 4.99 Å². The number of carbonyl (C=O) groups is 1. The molecule has 5 nitrogen and oxygen atoms in total. The number of benzene rings is 1. The topological polar surface area (TPSA) is 56.7 Å². The Labute approximate surface area is 157 Å². The van der Waals surface area contributed by atoms with E-state index in [-0.39, 0.29) is 42.5 Å². The van der Waals surface area contributed by atoms with Gasteiger partial charge in [-0.3, -0.25) is 4.79 Å². The first-order valence-corrected chi connectivity index (χ1v) is 7.81. The van der Waals surface area contributed by atoms with Crippen LogP contribution in [-0.4, -0.2) is 50.0 Å². The largest absolute Gasteiger partial charge is 0.357 e. The predicted molar refractivity (Wildman–Crippen MR) is 107 cm³/mol. The summed E-state index contributed by atoms with van der Waals surface area (Å²) < 4.78 is 0. The van der Waals surface area contributed by atoms with Gasteiger partial charge in [0.2, 0.25) is 5.91 Å². The van der Waals surface area contributed by atoms with Gasteiger partial charge in [-0.1, -0.05) is 30.3 Å². The van der Waals surface area contributed by atoms with Crippen molar-refractivity contribution in [3.05, 3.63) is 35.9 Å². The Morgan fingerprint density at radius 1 is 1.26 bits per heavy atom. The fourth-order valence-electron chi connectivity index (χ4n) is 1.94. The summed E-state index contributed by atoms with van der Waals surface area (Å²) in [5, 5.41) is 6.52. The van der Waals surface area contributed by atoms with Crippen LogP contribution < -0.4 is 10.6 Å². The van der Waals surface area contributed by atoms with Crippen LogP contribution in [0.3, 0.4) is 0 Å². The SMILES string of the molecule is CCNC(=NCC(=O)N(C)C)NC(C)CCc1ccccc1.I. The molecular formula is C17H29IN4O. The number of aryl methyl sites for hydroxylation is 1. The number of rotatable bonds is 7. The van der Waals surface area contributed by atoms with Crippen molar-refractivity contribution < 1.29 is 4.79 Å². The molecule has 0 aliphatic heterocycles. The first-order valence-electron chi connectivity index (χ1n) is 7.81. The summed E-state index contributed by atoms with van der Waals surface area (Å²) in [4.78, 5) is 17.5. The molecule has 2 N–H and O–H groups in total. The van der Waals surface area contributed by atoms with Gasteiger partial charge in [-0.2, -0.15) is 0 Å². The first-order chi connectivity index (χ1) is 10.5. The van der Waals surface area contributed by atoms with Crippen molar-refractivity contribution in [2.45, 2.75) is 32.7 Å². The van der Waals surface area contributed by atoms with E-state index in [1.54, 1.807) is 19.0 Å². The summed E-state index contributed by atoms with van der Waals surface area (Å²) in [6.07, 6.45) is 2.03. The second-order valence-electron chi connectivity index (χ2n) is 5.55. The Kier molecular flexibility index (Phi) is 11.5. The van der Waals surface area contributed by atoms with Crippen LogP contribution in [0.4, 0.5) is 0 Å². The van der Waals surface area contributed by atoms with E-state index >= 15 is 0 Å². The maximum atomic E-state index is 11.6. The van der Waals surface area contributed by atoms with E-state index in [1.807, 2.05) is 13.0 Å². The number of amides is 1. The van der Waals surface area contributed by atoms with Crippen molar-refractivity contribution in [3.63, 3.8) is 0 Å². The van der Waals surface area contributed by atoms with Gasteiger partial charge in [-0.15, -0.1) is 24.0 Å². The maximum absolute atomic E-state index is 11.6. The smallest absolute Gasteiger partial charge is 0.243 e. The Morgan fingerprint density at radius 3 is 2.48 bits per heavy atom. The van der Waals surface area contributed by atoms with E-state index in [4.69, 9.17) is 0 Å². The lowest BCUT2D eigenvalue weighted by Crippen LogP contribution is -2.43. The molecule has 0 spiro atoms. The summed E-state index contributed by atoms with van der Waals surface area (Å²) >= 11 is 0. The minimum atomic E-state index is -0.00542. The molecular weight excluding hydrogens is 403 g/mol. The molecule has 1 aromatic carbocycles. The highest BCUT2D eigenvalue weighted by atomic mass is 127. The Bertz CT molecular complexity index is 477. The van der Waals surface area contributed by atoms with Crippen LogP contribution in [0.5, 0.6) is 0 Å². The minimum absolute atomic E-state index is 0. The molecule has 0 aromatic heterocycles. The van der Waals surface area contributed by atoms with Gasteiger partial charge in [0.05, 0.1) is 0 Å². The highest BCUT2D eigenvalue weighted by Gasteiger charge is 2.07. The number of hydrogen-bond donors (Lipinski definition) is 2. The first kappa shape index (κ1) is 21.7. The Balaban J connectivity index is 0.00000484.